The molecular formula is C19H31N3O3. The van der Waals surface area contributed by atoms with E-state index in [-0.39, 0.29) is 30.1 Å². The fourth-order valence-corrected chi connectivity index (χ4v) is 3.04. The number of likely N-dealkylation sites (tertiary alicyclic amines) is 1. The number of aliphatic hydroxyl groups excluding tert-OH is 1. The third-order valence-electron chi connectivity index (χ3n) is 4.21. The molecule has 1 heterocycles. The van der Waals surface area contributed by atoms with Gasteiger partial charge in [-0.05, 0) is 32.8 Å². The second-order valence-corrected chi connectivity index (χ2v) is 7.75. The van der Waals surface area contributed by atoms with Crippen LogP contribution in [0.1, 0.15) is 32.8 Å². The van der Waals surface area contributed by atoms with Crippen molar-refractivity contribution in [1.82, 2.24) is 10.2 Å². The highest BCUT2D eigenvalue weighted by atomic mass is 16.5. The molecule has 1 aliphatic heterocycles. The number of nitrogens with one attached hydrogen (secondary N) is 1. The van der Waals surface area contributed by atoms with Crippen LogP contribution in [-0.4, -0.2) is 59.3 Å². The minimum absolute atomic E-state index is 0.0254. The van der Waals surface area contributed by atoms with Gasteiger partial charge in [-0.3, -0.25) is 9.69 Å². The predicted molar refractivity (Wildman–Crippen MR) is 98.0 cm³/mol. The maximum atomic E-state index is 12.6. The zero-order valence-corrected chi connectivity index (χ0v) is 15.4. The fourth-order valence-electron chi connectivity index (χ4n) is 3.04. The molecule has 1 aromatic rings. The van der Waals surface area contributed by atoms with E-state index in [0.29, 0.717) is 26.1 Å². The number of carbonyl (C=O) groups excluding carboxylic acids is 1. The fraction of sp³-hybridized carbons (Fsp3) is 0.632. The van der Waals surface area contributed by atoms with Gasteiger partial charge in [-0.2, -0.15) is 0 Å². The van der Waals surface area contributed by atoms with Crippen LogP contribution in [0.3, 0.4) is 0 Å². The van der Waals surface area contributed by atoms with Crippen molar-refractivity contribution in [2.24, 2.45) is 5.73 Å². The van der Waals surface area contributed by atoms with Gasteiger partial charge >= 0.3 is 0 Å². The molecule has 2 rings (SSSR count). The van der Waals surface area contributed by atoms with Crippen LogP contribution in [0.4, 0.5) is 0 Å². The van der Waals surface area contributed by atoms with E-state index >= 15 is 0 Å². The molecular weight excluding hydrogens is 318 g/mol. The van der Waals surface area contributed by atoms with Crippen LogP contribution in [0.5, 0.6) is 0 Å². The van der Waals surface area contributed by atoms with E-state index < -0.39 is 6.10 Å². The second-order valence-electron chi connectivity index (χ2n) is 7.75. The number of rotatable bonds is 7. The molecule has 1 saturated heterocycles. The number of amides is 1. The van der Waals surface area contributed by atoms with Crippen molar-refractivity contribution in [2.45, 2.75) is 57.6 Å². The van der Waals surface area contributed by atoms with Gasteiger partial charge in [-0.15, -0.1) is 0 Å². The van der Waals surface area contributed by atoms with Gasteiger partial charge in [-0.25, -0.2) is 0 Å². The summed E-state index contributed by atoms with van der Waals surface area (Å²) in [6, 6.07) is 9.68. The zero-order valence-electron chi connectivity index (χ0n) is 15.4. The quantitative estimate of drug-likeness (QED) is 0.680. The van der Waals surface area contributed by atoms with E-state index in [1.165, 1.54) is 0 Å². The van der Waals surface area contributed by atoms with Gasteiger partial charge in [-0.1, -0.05) is 30.3 Å². The molecule has 1 aromatic carbocycles. The Morgan fingerprint density at radius 1 is 1.40 bits per heavy atom. The van der Waals surface area contributed by atoms with Crippen LogP contribution in [0.15, 0.2) is 30.3 Å². The van der Waals surface area contributed by atoms with Gasteiger partial charge in [0.05, 0.1) is 24.9 Å². The summed E-state index contributed by atoms with van der Waals surface area (Å²) in [4.78, 5) is 14.6. The normalized spacial score (nSPS) is 22.8. The third-order valence-corrected chi connectivity index (χ3v) is 4.21. The Bertz CT molecular complexity index is 545. The third kappa shape index (κ3) is 6.40. The Labute approximate surface area is 150 Å². The molecule has 6 nitrogen and oxygen atoms in total. The van der Waals surface area contributed by atoms with Crippen molar-refractivity contribution in [1.29, 1.82) is 0 Å². The number of β-amino-alcohol motifs (C(OH)–C–C–N with tert-alkyl or cyclic N) is 1. The molecule has 3 atom stereocenters. The maximum absolute atomic E-state index is 12.6. The van der Waals surface area contributed by atoms with Crippen LogP contribution in [0, 0.1) is 0 Å². The van der Waals surface area contributed by atoms with Crippen molar-refractivity contribution < 1.29 is 14.6 Å². The van der Waals surface area contributed by atoms with Crippen LogP contribution < -0.4 is 11.1 Å². The van der Waals surface area contributed by atoms with Gasteiger partial charge in [0.2, 0.25) is 5.91 Å². The summed E-state index contributed by atoms with van der Waals surface area (Å²) in [6.07, 6.45) is -0.0646. The first-order chi connectivity index (χ1) is 11.8. The predicted octanol–water partition coefficient (Wildman–Crippen LogP) is 0.880. The van der Waals surface area contributed by atoms with E-state index in [1.807, 2.05) is 56.0 Å². The Balaban J connectivity index is 1.98. The Kier molecular flexibility index (Phi) is 6.95. The minimum Gasteiger partial charge on any atom is -0.390 e. The molecule has 0 spiro atoms. The summed E-state index contributed by atoms with van der Waals surface area (Å²) in [6.45, 7) is 7.58. The second kappa shape index (κ2) is 8.76. The molecule has 0 aliphatic carbocycles. The van der Waals surface area contributed by atoms with Crippen LogP contribution in [-0.2, 0) is 16.1 Å². The van der Waals surface area contributed by atoms with Crippen LogP contribution >= 0.6 is 0 Å². The SMILES string of the molecule is CC(C)(C)NC(=O)[C@@H]1C[C@H](OCc2ccccc2)CN1CC(O)CN. The highest BCUT2D eigenvalue weighted by Crippen LogP contribution is 2.22. The first-order valence-electron chi connectivity index (χ1n) is 8.88. The zero-order chi connectivity index (χ0) is 18.4. The van der Waals surface area contributed by atoms with Gasteiger partial charge in [0, 0.05) is 25.2 Å². The van der Waals surface area contributed by atoms with E-state index in [1.54, 1.807) is 0 Å². The van der Waals surface area contributed by atoms with Crippen molar-refractivity contribution in [3.8, 4) is 0 Å². The molecule has 25 heavy (non-hydrogen) atoms. The molecule has 1 fully saturated rings. The van der Waals surface area contributed by atoms with Crippen LogP contribution in [0.2, 0.25) is 0 Å². The smallest absolute Gasteiger partial charge is 0.237 e. The van der Waals surface area contributed by atoms with Crippen molar-refractivity contribution in [2.75, 3.05) is 19.6 Å². The largest absolute Gasteiger partial charge is 0.390 e. The molecule has 0 bridgehead atoms. The average molecular weight is 349 g/mol. The molecule has 1 aliphatic rings. The standard InChI is InChI=1S/C19H31N3O3/c1-19(2,3)21-18(24)17-9-16(12-22(17)11-15(23)10-20)25-13-14-7-5-4-6-8-14/h4-8,15-17,23H,9-13,20H2,1-3H3,(H,21,24)/t15?,16-,17-/m0/s1. The summed E-state index contributed by atoms with van der Waals surface area (Å²) < 4.78 is 6.01. The van der Waals surface area contributed by atoms with Gasteiger partial charge in [0.1, 0.15) is 0 Å². The first-order valence-corrected chi connectivity index (χ1v) is 8.88. The molecule has 4 N–H and O–H groups in total. The molecule has 0 aromatic heterocycles. The summed E-state index contributed by atoms with van der Waals surface area (Å²) >= 11 is 0. The molecule has 140 valence electrons. The summed E-state index contributed by atoms with van der Waals surface area (Å²) in [5.74, 6) is -0.0254. The number of nitrogens with two attached hydrogens (primary N) is 1. The maximum Gasteiger partial charge on any atom is 0.237 e. The lowest BCUT2D eigenvalue weighted by molar-refractivity contribution is -0.127. The van der Waals surface area contributed by atoms with Crippen molar-refractivity contribution in [3.63, 3.8) is 0 Å². The number of ether oxygens (including phenoxy) is 1. The number of nitrogens with zero attached hydrogens (tertiary/aromatic N) is 1. The van der Waals surface area contributed by atoms with Crippen molar-refractivity contribution in [3.05, 3.63) is 35.9 Å². The number of hydrogen-bond acceptors (Lipinski definition) is 5. The minimum atomic E-state index is -0.641. The molecule has 1 amide bonds. The van der Waals surface area contributed by atoms with Gasteiger partial charge < -0.3 is 20.9 Å². The summed E-state index contributed by atoms with van der Waals surface area (Å²) in [5, 5.41) is 12.9. The Morgan fingerprint density at radius 2 is 2.08 bits per heavy atom. The molecule has 6 heteroatoms. The molecule has 1 unspecified atom stereocenters. The molecule has 0 saturated carbocycles. The Hall–Kier alpha value is -1.47. The number of benzene rings is 1. The summed E-state index contributed by atoms with van der Waals surface area (Å²) in [7, 11) is 0. The van der Waals surface area contributed by atoms with E-state index in [4.69, 9.17) is 10.5 Å². The van der Waals surface area contributed by atoms with E-state index in [0.717, 1.165) is 5.56 Å². The lowest BCUT2D eigenvalue weighted by Crippen LogP contribution is -2.51. The van der Waals surface area contributed by atoms with Crippen molar-refractivity contribution >= 4 is 5.91 Å². The highest BCUT2D eigenvalue weighted by molar-refractivity contribution is 5.82. The lowest BCUT2D eigenvalue weighted by Gasteiger charge is -2.28. The lowest BCUT2D eigenvalue weighted by atomic mass is 10.1. The van der Waals surface area contributed by atoms with Gasteiger partial charge in [0.15, 0.2) is 0 Å². The number of aliphatic hydroxyl groups is 1. The van der Waals surface area contributed by atoms with E-state index in [2.05, 4.69) is 5.32 Å². The highest BCUT2D eigenvalue weighted by Gasteiger charge is 2.38. The van der Waals surface area contributed by atoms with E-state index in [9.17, 15) is 9.90 Å². The van der Waals surface area contributed by atoms with Gasteiger partial charge in [0.25, 0.3) is 0 Å². The Morgan fingerprint density at radius 3 is 2.68 bits per heavy atom. The monoisotopic (exact) mass is 349 g/mol. The summed E-state index contributed by atoms with van der Waals surface area (Å²) in [5.41, 5.74) is 6.35. The van der Waals surface area contributed by atoms with Crippen LogP contribution in [0.25, 0.3) is 0 Å². The first kappa shape index (κ1) is 19.8. The topological polar surface area (TPSA) is 87.8 Å². The number of hydrogen-bond donors (Lipinski definition) is 3. The number of carbonyl (C=O) groups is 1. The average Bonchev–Trinajstić information content (AvgIpc) is 2.95. The molecule has 0 radical (unpaired) electrons.